The van der Waals surface area contributed by atoms with E-state index in [1.54, 1.807) is 24.8 Å². The number of hydrogen-bond donors (Lipinski definition) is 2. The summed E-state index contributed by atoms with van der Waals surface area (Å²) in [5.74, 6) is 0.684. The van der Waals surface area contributed by atoms with Gasteiger partial charge >= 0.3 is 0 Å². The van der Waals surface area contributed by atoms with E-state index in [9.17, 15) is 0 Å². The van der Waals surface area contributed by atoms with Crippen molar-refractivity contribution in [2.24, 2.45) is 4.40 Å². The highest BCUT2D eigenvalue weighted by atomic mass is 32.2. The highest BCUT2D eigenvalue weighted by molar-refractivity contribution is 8.02. The first-order valence-corrected chi connectivity index (χ1v) is 7.50. The lowest BCUT2D eigenvalue weighted by Gasteiger charge is -2.08. The van der Waals surface area contributed by atoms with Crippen molar-refractivity contribution < 1.29 is 0 Å². The van der Waals surface area contributed by atoms with Crippen LogP contribution in [0.3, 0.4) is 0 Å². The molecule has 112 valence electrons. The van der Waals surface area contributed by atoms with E-state index in [0.717, 1.165) is 21.9 Å². The second kappa shape index (κ2) is 6.44. The lowest BCUT2D eigenvalue weighted by atomic mass is 10.3. The Morgan fingerprint density at radius 2 is 2.27 bits per heavy atom. The monoisotopic (exact) mass is 313 g/mol. The average Bonchev–Trinajstić information content (AvgIpc) is 3.20. The van der Waals surface area contributed by atoms with Crippen molar-refractivity contribution in [1.82, 2.24) is 24.6 Å². The van der Waals surface area contributed by atoms with Crippen LogP contribution >= 0.6 is 11.9 Å². The van der Waals surface area contributed by atoms with E-state index in [-0.39, 0.29) is 0 Å². The van der Waals surface area contributed by atoms with Gasteiger partial charge in [-0.15, -0.1) is 0 Å². The largest absolute Gasteiger partial charge is 0.331 e. The van der Waals surface area contributed by atoms with Gasteiger partial charge in [-0.3, -0.25) is 9.50 Å². The zero-order valence-corrected chi connectivity index (χ0v) is 13.0. The van der Waals surface area contributed by atoms with Crippen molar-refractivity contribution in [3.8, 4) is 11.3 Å². The molecule has 0 aliphatic heterocycles. The third-order valence-corrected chi connectivity index (χ3v) is 3.83. The first kappa shape index (κ1) is 14.3. The molecule has 2 N–H and O–H groups in total. The molecule has 0 atom stereocenters. The molecule has 3 aromatic rings. The Morgan fingerprint density at radius 1 is 1.36 bits per heavy atom. The number of aromatic amines is 1. The summed E-state index contributed by atoms with van der Waals surface area (Å²) >= 11 is 1.36. The number of nitrogens with one attached hydrogen (secondary N) is 2. The molecular weight excluding hydrogens is 298 g/mol. The number of H-pyrrole nitrogens is 1. The fraction of sp³-hybridized carbons (Fsp3) is 0.143. The number of imidazole rings is 1. The normalized spacial score (nSPS) is 12.4. The van der Waals surface area contributed by atoms with Crippen LogP contribution in [0.2, 0.25) is 0 Å². The van der Waals surface area contributed by atoms with Crippen molar-refractivity contribution in [3.63, 3.8) is 0 Å². The minimum absolute atomic E-state index is 0.684. The molecule has 3 heterocycles. The van der Waals surface area contributed by atoms with E-state index in [1.165, 1.54) is 11.9 Å². The SMILES string of the molecule is C/C=N\S/C(=C\C)Nc1nccn2c(-c3cn[nH]c3)cnc12. The minimum Gasteiger partial charge on any atom is -0.331 e. The predicted octanol–water partition coefficient (Wildman–Crippen LogP) is 3.13. The summed E-state index contributed by atoms with van der Waals surface area (Å²) in [6.07, 6.45) is 12.7. The van der Waals surface area contributed by atoms with Gasteiger partial charge in [-0.2, -0.15) is 5.10 Å². The zero-order valence-electron chi connectivity index (χ0n) is 12.2. The summed E-state index contributed by atoms with van der Waals surface area (Å²) in [5, 5.41) is 10.9. The minimum atomic E-state index is 0.684. The molecule has 0 aromatic carbocycles. The van der Waals surface area contributed by atoms with Gasteiger partial charge in [0.15, 0.2) is 11.5 Å². The molecule has 0 aliphatic rings. The Kier molecular flexibility index (Phi) is 4.19. The van der Waals surface area contributed by atoms with Crippen LogP contribution in [0.5, 0.6) is 0 Å². The van der Waals surface area contributed by atoms with E-state index in [4.69, 9.17) is 0 Å². The highest BCUT2D eigenvalue weighted by Crippen LogP contribution is 2.25. The first-order chi connectivity index (χ1) is 10.8. The smallest absolute Gasteiger partial charge is 0.180 e. The van der Waals surface area contributed by atoms with E-state index in [0.29, 0.717) is 5.82 Å². The fourth-order valence-corrected chi connectivity index (χ4v) is 2.45. The van der Waals surface area contributed by atoms with Crippen LogP contribution in [-0.2, 0) is 0 Å². The van der Waals surface area contributed by atoms with Crippen LogP contribution in [0.4, 0.5) is 5.82 Å². The molecule has 7 nitrogen and oxygen atoms in total. The van der Waals surface area contributed by atoms with Gasteiger partial charge in [0.25, 0.3) is 0 Å². The van der Waals surface area contributed by atoms with Crippen molar-refractivity contribution in [2.75, 3.05) is 5.32 Å². The Bertz CT molecular complexity index is 817. The fourth-order valence-electron chi connectivity index (χ4n) is 1.99. The number of aromatic nitrogens is 5. The van der Waals surface area contributed by atoms with E-state index < -0.39 is 0 Å². The van der Waals surface area contributed by atoms with Gasteiger partial charge in [0, 0.05) is 42.3 Å². The molecule has 0 unspecified atom stereocenters. The van der Waals surface area contributed by atoms with Crippen molar-refractivity contribution in [2.45, 2.75) is 13.8 Å². The highest BCUT2D eigenvalue weighted by Gasteiger charge is 2.11. The van der Waals surface area contributed by atoms with Gasteiger partial charge < -0.3 is 5.32 Å². The maximum atomic E-state index is 4.46. The van der Waals surface area contributed by atoms with Gasteiger partial charge in [-0.05, 0) is 13.8 Å². The van der Waals surface area contributed by atoms with Gasteiger partial charge in [0.05, 0.1) is 23.1 Å². The van der Waals surface area contributed by atoms with Gasteiger partial charge in [0.1, 0.15) is 0 Å². The van der Waals surface area contributed by atoms with Crippen LogP contribution in [0.25, 0.3) is 16.9 Å². The first-order valence-electron chi connectivity index (χ1n) is 6.73. The molecule has 22 heavy (non-hydrogen) atoms. The lowest BCUT2D eigenvalue weighted by molar-refractivity contribution is 1.09. The maximum absolute atomic E-state index is 4.46. The molecule has 3 rings (SSSR count). The summed E-state index contributed by atoms with van der Waals surface area (Å²) in [5.41, 5.74) is 2.68. The quantitative estimate of drug-likeness (QED) is 0.558. The molecule has 0 aliphatic carbocycles. The van der Waals surface area contributed by atoms with Crippen LogP contribution in [0.1, 0.15) is 13.8 Å². The van der Waals surface area contributed by atoms with Crippen molar-refractivity contribution >= 4 is 29.6 Å². The van der Waals surface area contributed by atoms with Gasteiger partial charge in [-0.25, -0.2) is 14.4 Å². The molecule has 8 heteroatoms. The Balaban J connectivity index is 1.98. The molecular formula is C14H15N7S. The average molecular weight is 313 g/mol. The van der Waals surface area contributed by atoms with Gasteiger partial charge in [-0.1, -0.05) is 6.08 Å². The number of allylic oxidation sites excluding steroid dienone is 1. The van der Waals surface area contributed by atoms with Crippen LogP contribution in [0.15, 0.2) is 46.5 Å². The standard InChI is InChI=1S/C14H15N7S/c1-3-12(22-19-4-2)20-13-14-16-9-11(10-7-17-18-8-10)21(14)6-5-15-13/h3-9H,1-2H3,(H,15,20)(H,17,18)/b12-3-,19-4-. The summed E-state index contributed by atoms with van der Waals surface area (Å²) in [6.45, 7) is 3.83. The van der Waals surface area contributed by atoms with Crippen LogP contribution in [0, 0.1) is 0 Å². The maximum Gasteiger partial charge on any atom is 0.180 e. The summed E-state index contributed by atoms with van der Waals surface area (Å²) in [4.78, 5) is 8.84. The molecule has 0 radical (unpaired) electrons. The van der Waals surface area contributed by atoms with Gasteiger partial charge in [0.2, 0.25) is 0 Å². The predicted molar refractivity (Wildman–Crippen MR) is 89.7 cm³/mol. The van der Waals surface area contributed by atoms with Crippen molar-refractivity contribution in [3.05, 3.63) is 42.1 Å². The van der Waals surface area contributed by atoms with Crippen LogP contribution in [-0.4, -0.2) is 30.8 Å². The topological polar surface area (TPSA) is 83.3 Å². The summed E-state index contributed by atoms with van der Waals surface area (Å²) in [7, 11) is 0. The Labute approximate surface area is 131 Å². The number of hydrogen-bond acceptors (Lipinski definition) is 6. The molecule has 0 saturated carbocycles. The van der Waals surface area contributed by atoms with E-state index in [1.807, 2.05) is 36.7 Å². The van der Waals surface area contributed by atoms with E-state index in [2.05, 4.69) is 29.9 Å². The Morgan fingerprint density at radius 3 is 3.00 bits per heavy atom. The molecule has 0 amide bonds. The Hall–Kier alpha value is -2.61. The number of rotatable bonds is 5. The second-order valence-corrected chi connectivity index (χ2v) is 5.17. The van der Waals surface area contributed by atoms with Crippen molar-refractivity contribution in [1.29, 1.82) is 0 Å². The third kappa shape index (κ3) is 2.73. The van der Waals surface area contributed by atoms with Crippen LogP contribution < -0.4 is 5.32 Å². The zero-order chi connectivity index (χ0) is 15.4. The number of nitrogens with zero attached hydrogens (tertiary/aromatic N) is 5. The molecule has 0 spiro atoms. The summed E-state index contributed by atoms with van der Waals surface area (Å²) in [6, 6.07) is 0. The summed E-state index contributed by atoms with van der Waals surface area (Å²) < 4.78 is 6.13. The third-order valence-electron chi connectivity index (χ3n) is 2.98. The lowest BCUT2D eigenvalue weighted by Crippen LogP contribution is -2.01. The molecule has 0 fully saturated rings. The van der Waals surface area contributed by atoms with E-state index >= 15 is 0 Å². The second-order valence-electron chi connectivity index (χ2n) is 4.33. The number of anilines is 1. The number of fused-ring (bicyclic) bond motifs is 1. The molecule has 3 aromatic heterocycles. The molecule has 0 saturated heterocycles. The molecule has 0 bridgehead atoms.